The summed E-state index contributed by atoms with van der Waals surface area (Å²) < 4.78 is 0. The van der Waals surface area contributed by atoms with Gasteiger partial charge in [-0.1, -0.05) is 12.1 Å². The summed E-state index contributed by atoms with van der Waals surface area (Å²) in [6.45, 7) is 5.94. The van der Waals surface area contributed by atoms with Gasteiger partial charge in [-0.25, -0.2) is 9.97 Å². The number of nitrogens with zero attached hydrogens (tertiary/aromatic N) is 2. The highest BCUT2D eigenvalue weighted by molar-refractivity contribution is 5.62. The highest BCUT2D eigenvalue weighted by Gasteiger charge is 2.02. The van der Waals surface area contributed by atoms with Crippen LogP contribution in [0.1, 0.15) is 17.0 Å². The van der Waals surface area contributed by atoms with Crippen LogP contribution in [0.3, 0.4) is 0 Å². The molecule has 0 radical (unpaired) electrons. The third kappa shape index (κ3) is 2.72. The van der Waals surface area contributed by atoms with Crippen molar-refractivity contribution in [1.82, 2.24) is 9.97 Å². The number of rotatable bonds is 2. The zero-order valence-electron chi connectivity index (χ0n) is 10.3. The average molecular weight is 228 g/mol. The quantitative estimate of drug-likeness (QED) is 0.829. The minimum atomic E-state index is 0.477. The Morgan fingerprint density at radius 1 is 1.06 bits per heavy atom. The normalized spacial score (nSPS) is 10.3. The molecule has 0 spiro atoms. The monoisotopic (exact) mass is 228 g/mol. The Morgan fingerprint density at radius 2 is 1.82 bits per heavy atom. The van der Waals surface area contributed by atoms with Crippen molar-refractivity contribution >= 4 is 17.3 Å². The zero-order chi connectivity index (χ0) is 12.4. The molecule has 0 saturated heterocycles. The molecule has 1 heterocycles. The average Bonchev–Trinajstić information content (AvgIpc) is 2.22. The van der Waals surface area contributed by atoms with Crippen molar-refractivity contribution < 1.29 is 0 Å². The fraction of sp³-hybridized carbons (Fsp3) is 0.231. The van der Waals surface area contributed by atoms with E-state index in [2.05, 4.69) is 47.3 Å². The molecule has 88 valence electrons. The fourth-order valence-electron chi connectivity index (χ4n) is 1.66. The van der Waals surface area contributed by atoms with Gasteiger partial charge in [-0.05, 0) is 38.0 Å². The SMILES string of the molecule is Cc1ccc(C)c(Nc2cc(N)nc(C)n2)c1. The summed E-state index contributed by atoms with van der Waals surface area (Å²) in [5, 5.41) is 3.26. The number of nitrogen functional groups attached to an aromatic ring is 1. The summed E-state index contributed by atoms with van der Waals surface area (Å²) in [7, 11) is 0. The lowest BCUT2D eigenvalue weighted by molar-refractivity contribution is 1.06. The van der Waals surface area contributed by atoms with E-state index in [-0.39, 0.29) is 0 Å². The molecule has 4 heteroatoms. The number of nitrogens with one attached hydrogen (secondary N) is 1. The van der Waals surface area contributed by atoms with E-state index in [1.807, 2.05) is 6.92 Å². The highest BCUT2D eigenvalue weighted by atomic mass is 15.0. The van der Waals surface area contributed by atoms with E-state index in [0.29, 0.717) is 11.6 Å². The number of nitrogens with two attached hydrogens (primary N) is 1. The van der Waals surface area contributed by atoms with Gasteiger partial charge in [0.2, 0.25) is 0 Å². The van der Waals surface area contributed by atoms with Crippen molar-refractivity contribution in [3.8, 4) is 0 Å². The topological polar surface area (TPSA) is 63.8 Å². The molecule has 3 N–H and O–H groups in total. The third-order valence-corrected chi connectivity index (χ3v) is 2.51. The Kier molecular flexibility index (Phi) is 2.95. The number of benzene rings is 1. The number of hydrogen-bond acceptors (Lipinski definition) is 4. The fourth-order valence-corrected chi connectivity index (χ4v) is 1.66. The van der Waals surface area contributed by atoms with Crippen molar-refractivity contribution in [2.75, 3.05) is 11.1 Å². The van der Waals surface area contributed by atoms with E-state index in [4.69, 9.17) is 5.73 Å². The summed E-state index contributed by atoms with van der Waals surface area (Å²) >= 11 is 0. The minimum Gasteiger partial charge on any atom is -0.384 e. The van der Waals surface area contributed by atoms with E-state index < -0.39 is 0 Å². The molecule has 0 aliphatic carbocycles. The van der Waals surface area contributed by atoms with Gasteiger partial charge >= 0.3 is 0 Å². The van der Waals surface area contributed by atoms with Crippen molar-refractivity contribution in [3.05, 3.63) is 41.2 Å². The Balaban J connectivity index is 2.34. The number of aryl methyl sites for hydroxylation is 3. The van der Waals surface area contributed by atoms with E-state index in [0.717, 1.165) is 11.5 Å². The summed E-state index contributed by atoms with van der Waals surface area (Å²) in [5.74, 6) is 1.87. The minimum absolute atomic E-state index is 0.477. The van der Waals surface area contributed by atoms with Crippen LogP contribution in [0.25, 0.3) is 0 Å². The van der Waals surface area contributed by atoms with Crippen molar-refractivity contribution in [3.63, 3.8) is 0 Å². The van der Waals surface area contributed by atoms with E-state index >= 15 is 0 Å². The first-order valence-corrected chi connectivity index (χ1v) is 5.50. The van der Waals surface area contributed by atoms with Crippen LogP contribution in [0.4, 0.5) is 17.3 Å². The van der Waals surface area contributed by atoms with Crippen LogP contribution in [-0.2, 0) is 0 Å². The highest BCUT2D eigenvalue weighted by Crippen LogP contribution is 2.21. The number of aromatic nitrogens is 2. The number of hydrogen-bond donors (Lipinski definition) is 2. The summed E-state index contributed by atoms with van der Waals surface area (Å²) in [6.07, 6.45) is 0. The molecule has 0 fully saturated rings. The molecule has 2 aromatic rings. The van der Waals surface area contributed by atoms with Crippen LogP contribution in [-0.4, -0.2) is 9.97 Å². The molecular weight excluding hydrogens is 212 g/mol. The molecule has 0 aliphatic heterocycles. The Morgan fingerprint density at radius 3 is 2.53 bits per heavy atom. The molecular formula is C13H16N4. The lowest BCUT2D eigenvalue weighted by Gasteiger charge is -2.10. The van der Waals surface area contributed by atoms with Crippen LogP contribution in [0, 0.1) is 20.8 Å². The predicted molar refractivity (Wildman–Crippen MR) is 70.4 cm³/mol. The molecule has 0 bridgehead atoms. The molecule has 0 aliphatic rings. The number of anilines is 3. The Hall–Kier alpha value is -2.10. The van der Waals surface area contributed by atoms with E-state index in [1.165, 1.54) is 11.1 Å². The van der Waals surface area contributed by atoms with E-state index in [1.54, 1.807) is 6.07 Å². The van der Waals surface area contributed by atoms with Crippen LogP contribution in [0.2, 0.25) is 0 Å². The Labute approximate surface area is 101 Å². The van der Waals surface area contributed by atoms with Gasteiger partial charge in [0.1, 0.15) is 17.5 Å². The summed E-state index contributed by atoms with van der Waals surface area (Å²) in [6, 6.07) is 7.98. The molecule has 2 rings (SSSR count). The third-order valence-electron chi connectivity index (χ3n) is 2.51. The van der Waals surface area contributed by atoms with Gasteiger partial charge in [-0.15, -0.1) is 0 Å². The molecule has 0 unspecified atom stereocenters. The van der Waals surface area contributed by atoms with Gasteiger partial charge in [0.25, 0.3) is 0 Å². The second-order valence-corrected chi connectivity index (χ2v) is 4.17. The van der Waals surface area contributed by atoms with Gasteiger partial charge in [-0.2, -0.15) is 0 Å². The van der Waals surface area contributed by atoms with Crippen molar-refractivity contribution in [1.29, 1.82) is 0 Å². The molecule has 17 heavy (non-hydrogen) atoms. The standard InChI is InChI=1S/C13H16N4/c1-8-4-5-9(2)11(6-8)17-13-7-12(14)15-10(3)16-13/h4-7H,1-3H3,(H3,14,15,16,17). The Bertz CT molecular complexity index is 529. The van der Waals surface area contributed by atoms with Gasteiger partial charge < -0.3 is 11.1 Å². The summed E-state index contributed by atoms with van der Waals surface area (Å²) in [5.41, 5.74) is 9.11. The van der Waals surface area contributed by atoms with Crippen LogP contribution >= 0.6 is 0 Å². The maximum atomic E-state index is 5.69. The van der Waals surface area contributed by atoms with Gasteiger partial charge in [0, 0.05) is 11.8 Å². The van der Waals surface area contributed by atoms with Gasteiger partial charge in [0.15, 0.2) is 0 Å². The van der Waals surface area contributed by atoms with E-state index in [9.17, 15) is 0 Å². The van der Waals surface area contributed by atoms with Gasteiger partial charge in [0.05, 0.1) is 0 Å². The maximum absolute atomic E-state index is 5.69. The molecule has 1 aromatic heterocycles. The lowest BCUT2D eigenvalue weighted by Crippen LogP contribution is -2.01. The van der Waals surface area contributed by atoms with Gasteiger partial charge in [-0.3, -0.25) is 0 Å². The largest absolute Gasteiger partial charge is 0.384 e. The summed E-state index contributed by atoms with van der Waals surface area (Å²) in [4.78, 5) is 8.34. The molecule has 1 aromatic carbocycles. The molecule has 4 nitrogen and oxygen atoms in total. The van der Waals surface area contributed by atoms with Crippen LogP contribution in [0.15, 0.2) is 24.3 Å². The molecule has 0 saturated carbocycles. The zero-order valence-corrected chi connectivity index (χ0v) is 10.3. The maximum Gasteiger partial charge on any atom is 0.136 e. The first-order chi connectivity index (χ1) is 8.04. The smallest absolute Gasteiger partial charge is 0.136 e. The molecule has 0 atom stereocenters. The lowest BCUT2D eigenvalue weighted by atomic mass is 10.1. The van der Waals surface area contributed by atoms with Crippen molar-refractivity contribution in [2.45, 2.75) is 20.8 Å². The van der Waals surface area contributed by atoms with Crippen LogP contribution < -0.4 is 11.1 Å². The first kappa shape index (κ1) is 11.4. The predicted octanol–water partition coefficient (Wildman–Crippen LogP) is 2.73. The van der Waals surface area contributed by atoms with Crippen molar-refractivity contribution in [2.24, 2.45) is 0 Å². The van der Waals surface area contributed by atoms with Crippen LogP contribution in [0.5, 0.6) is 0 Å². The molecule has 0 amide bonds. The second-order valence-electron chi connectivity index (χ2n) is 4.17. The first-order valence-electron chi connectivity index (χ1n) is 5.50. The second kappa shape index (κ2) is 4.41.